The molecule has 6 aromatic rings. The molecule has 0 atom stereocenters. The first kappa shape index (κ1) is 35.4. The number of rotatable bonds is 8. The van der Waals surface area contributed by atoms with Crippen LogP contribution in [0.3, 0.4) is 0 Å². The predicted octanol–water partition coefficient (Wildman–Crippen LogP) is 4.69. The fourth-order valence-corrected chi connectivity index (χ4v) is 4.32. The summed E-state index contributed by atoms with van der Waals surface area (Å²) in [4.78, 5) is 8.54. The van der Waals surface area contributed by atoms with E-state index in [1.54, 1.807) is 60.9 Å². The Morgan fingerprint density at radius 1 is 0.429 bits per heavy atom. The molecule has 2 heterocycles. The van der Waals surface area contributed by atoms with Crippen molar-refractivity contribution < 1.29 is 37.5 Å². The van der Waals surface area contributed by atoms with Gasteiger partial charge in [0.2, 0.25) is 0 Å². The van der Waals surface area contributed by atoms with Crippen molar-refractivity contribution in [2.75, 3.05) is 0 Å². The van der Waals surface area contributed by atoms with Crippen molar-refractivity contribution in [3.05, 3.63) is 192 Å². The smallest absolute Gasteiger partial charge is 0.857 e. The number of hydrogen-bond acceptors (Lipinski definition) is 10. The number of pyridine rings is 2. The van der Waals surface area contributed by atoms with Crippen LogP contribution in [0.5, 0.6) is 11.5 Å². The summed E-state index contributed by atoms with van der Waals surface area (Å²) >= 11 is 0. The molecular formula is C38H28FeN6O4. The van der Waals surface area contributed by atoms with Crippen LogP contribution in [0.25, 0.3) is 0 Å². The molecule has 2 aromatic heterocycles. The van der Waals surface area contributed by atoms with Crippen LogP contribution >= 0.6 is 0 Å². The number of benzene rings is 4. The minimum Gasteiger partial charge on any atom is -0.857 e. The molecule has 6 rings (SSSR count). The molecule has 0 saturated carbocycles. The van der Waals surface area contributed by atoms with Crippen LogP contribution < -0.4 is 10.2 Å². The SMILES string of the molecule is [Fe+2].[O-]/C(=N\N=C(/c1ccccc1)c1ccccn1)c1ccccc1O.[O-]/C(=N\N=C(/c1ccccc1)c1ccccn1)c1ccccc1O. The second kappa shape index (κ2) is 18.1. The summed E-state index contributed by atoms with van der Waals surface area (Å²) in [6, 6.07) is 42.1. The first-order valence-electron chi connectivity index (χ1n) is 14.7. The van der Waals surface area contributed by atoms with Crippen molar-refractivity contribution in [3.63, 3.8) is 0 Å². The number of aromatic nitrogens is 2. The Labute approximate surface area is 293 Å². The van der Waals surface area contributed by atoms with E-state index in [1.165, 1.54) is 24.3 Å². The van der Waals surface area contributed by atoms with Crippen molar-refractivity contribution in [1.82, 2.24) is 9.97 Å². The topological polar surface area (TPSA) is 162 Å². The molecule has 49 heavy (non-hydrogen) atoms. The number of aromatic hydroxyl groups is 2. The van der Waals surface area contributed by atoms with E-state index in [0.29, 0.717) is 22.8 Å². The fraction of sp³-hybridized carbons (Fsp3) is 0. The van der Waals surface area contributed by atoms with Crippen LogP contribution in [0.4, 0.5) is 0 Å². The molecule has 0 saturated heterocycles. The Morgan fingerprint density at radius 2 is 0.776 bits per heavy atom. The largest absolute Gasteiger partial charge is 2.00 e. The predicted molar refractivity (Wildman–Crippen MR) is 182 cm³/mol. The van der Waals surface area contributed by atoms with Gasteiger partial charge in [0.25, 0.3) is 0 Å². The van der Waals surface area contributed by atoms with Gasteiger partial charge < -0.3 is 20.4 Å². The van der Waals surface area contributed by atoms with Crippen molar-refractivity contribution in [2.24, 2.45) is 20.4 Å². The molecule has 0 spiro atoms. The fourth-order valence-electron chi connectivity index (χ4n) is 4.32. The zero-order valence-electron chi connectivity index (χ0n) is 25.8. The van der Waals surface area contributed by atoms with Crippen LogP contribution in [-0.2, 0) is 17.1 Å². The van der Waals surface area contributed by atoms with Crippen LogP contribution in [0.15, 0.2) is 178 Å². The van der Waals surface area contributed by atoms with E-state index in [1.807, 2.05) is 72.8 Å². The third kappa shape index (κ3) is 9.79. The molecule has 0 fully saturated rings. The van der Waals surface area contributed by atoms with E-state index < -0.39 is 11.8 Å². The Balaban J connectivity index is 0.000000216. The summed E-state index contributed by atoms with van der Waals surface area (Å²) in [5.74, 6) is -1.48. The van der Waals surface area contributed by atoms with Gasteiger partial charge in [0.1, 0.15) is 22.9 Å². The Bertz CT molecular complexity index is 1830. The molecule has 0 unspecified atom stereocenters. The van der Waals surface area contributed by atoms with Crippen molar-refractivity contribution in [3.8, 4) is 11.5 Å². The molecule has 0 aliphatic carbocycles. The average molecular weight is 689 g/mol. The van der Waals surface area contributed by atoms with Crippen molar-refractivity contribution in [1.29, 1.82) is 0 Å². The van der Waals surface area contributed by atoms with Gasteiger partial charge in [-0.15, -0.1) is 10.2 Å². The van der Waals surface area contributed by atoms with Gasteiger partial charge in [-0.3, -0.25) is 9.97 Å². The van der Waals surface area contributed by atoms with Crippen molar-refractivity contribution >= 4 is 23.2 Å². The second-order valence-electron chi connectivity index (χ2n) is 9.90. The van der Waals surface area contributed by atoms with E-state index in [-0.39, 0.29) is 39.7 Å². The molecule has 0 amide bonds. The molecule has 2 N–H and O–H groups in total. The molecule has 0 bridgehead atoms. The van der Waals surface area contributed by atoms with Gasteiger partial charge in [0, 0.05) is 46.4 Å². The molecule has 0 aliphatic rings. The molecule has 0 radical (unpaired) electrons. The molecule has 0 aliphatic heterocycles. The minimum absolute atomic E-state index is 0. The zero-order chi connectivity index (χ0) is 33.6. The monoisotopic (exact) mass is 688 g/mol. The standard InChI is InChI=1S/2C19H15N3O2.Fe/c2*23-17-12-5-4-10-15(17)19(24)22-21-18(14-8-2-1-3-9-14)16-11-6-7-13-20-16;/h2*1-13,23H,(H,22,24);/q;;+2/p-2/b2*21-18+;. The maximum Gasteiger partial charge on any atom is 2.00 e. The van der Waals surface area contributed by atoms with Gasteiger partial charge >= 0.3 is 17.1 Å². The van der Waals surface area contributed by atoms with Crippen LogP contribution in [-0.4, -0.2) is 43.4 Å². The summed E-state index contributed by atoms with van der Waals surface area (Å²) in [7, 11) is 0. The molecular weight excluding hydrogens is 660 g/mol. The van der Waals surface area contributed by atoms with Gasteiger partial charge in [0.15, 0.2) is 0 Å². The quantitative estimate of drug-likeness (QED) is 0.102. The Hall–Kier alpha value is -6.42. The van der Waals surface area contributed by atoms with Crippen molar-refractivity contribution in [2.45, 2.75) is 0 Å². The minimum atomic E-state index is -0.613. The summed E-state index contributed by atoms with van der Waals surface area (Å²) in [6.45, 7) is 0. The Morgan fingerprint density at radius 3 is 1.12 bits per heavy atom. The maximum absolute atomic E-state index is 12.2. The third-order valence-corrected chi connectivity index (χ3v) is 6.66. The number of para-hydroxylation sites is 2. The molecule has 4 aromatic carbocycles. The van der Waals surface area contributed by atoms with Crippen LogP contribution in [0, 0.1) is 0 Å². The maximum atomic E-state index is 12.2. The van der Waals surface area contributed by atoms with Gasteiger partial charge in [-0.25, -0.2) is 0 Å². The third-order valence-electron chi connectivity index (χ3n) is 6.66. The second-order valence-corrected chi connectivity index (χ2v) is 9.90. The number of phenolic OH excluding ortho intramolecular Hbond substituents is 2. The average Bonchev–Trinajstić information content (AvgIpc) is 3.14. The zero-order valence-corrected chi connectivity index (χ0v) is 26.9. The number of nitrogens with zero attached hydrogens (tertiary/aromatic N) is 6. The van der Waals surface area contributed by atoms with Crippen LogP contribution in [0.1, 0.15) is 33.6 Å². The van der Waals surface area contributed by atoms with E-state index in [9.17, 15) is 20.4 Å². The van der Waals surface area contributed by atoms with Gasteiger partial charge in [-0.05, 0) is 36.4 Å². The normalized spacial score (nSPS) is 11.9. The van der Waals surface area contributed by atoms with E-state index in [0.717, 1.165) is 11.1 Å². The van der Waals surface area contributed by atoms with E-state index >= 15 is 0 Å². The summed E-state index contributed by atoms with van der Waals surface area (Å²) in [5, 5.41) is 59.5. The summed E-state index contributed by atoms with van der Waals surface area (Å²) < 4.78 is 0. The van der Waals surface area contributed by atoms with Gasteiger partial charge in [-0.2, -0.15) is 10.2 Å². The summed E-state index contributed by atoms with van der Waals surface area (Å²) in [6.07, 6.45) is 3.30. The van der Waals surface area contributed by atoms with Gasteiger partial charge in [0.05, 0.1) is 11.4 Å². The molecule has 10 nitrogen and oxygen atoms in total. The Kier molecular flexibility index (Phi) is 13.1. The molecule has 242 valence electrons. The number of hydrogen-bond donors (Lipinski definition) is 2. The van der Waals surface area contributed by atoms with Crippen LogP contribution in [0.2, 0.25) is 0 Å². The van der Waals surface area contributed by atoms with E-state index in [4.69, 9.17) is 0 Å². The molecule has 11 heteroatoms. The summed E-state index contributed by atoms with van der Waals surface area (Å²) in [5.41, 5.74) is 3.99. The number of phenols is 2. The van der Waals surface area contributed by atoms with E-state index in [2.05, 4.69) is 30.4 Å². The first-order valence-corrected chi connectivity index (χ1v) is 14.7. The first-order chi connectivity index (χ1) is 23.5. The van der Waals surface area contributed by atoms with Gasteiger partial charge in [-0.1, -0.05) is 109 Å².